The minimum Gasteiger partial charge on any atom is -0.450 e. The molecule has 0 saturated heterocycles. The van der Waals surface area contributed by atoms with Crippen LogP contribution in [-0.2, 0) is 32.2 Å². The van der Waals surface area contributed by atoms with Crippen molar-refractivity contribution in [3.63, 3.8) is 0 Å². The number of carbonyl (C=O) groups excluding carboxylic acids is 3. The lowest BCUT2D eigenvalue weighted by Crippen LogP contribution is -2.32. The fraction of sp³-hybridized carbons (Fsp3) is 0.435. The predicted molar refractivity (Wildman–Crippen MR) is 126 cm³/mol. The topological polar surface area (TPSA) is 119 Å². The van der Waals surface area contributed by atoms with Gasteiger partial charge in [0, 0.05) is 11.3 Å². The number of sulfone groups is 1. The molecule has 1 heterocycles. The number of alkyl carbamates (subject to hydrolysis) is 1. The van der Waals surface area contributed by atoms with Crippen LogP contribution in [-0.4, -0.2) is 38.7 Å². The summed E-state index contributed by atoms with van der Waals surface area (Å²) in [7, 11) is -3.65. The number of fused-ring (bicyclic) bond motifs is 1. The molecule has 1 aromatic heterocycles. The van der Waals surface area contributed by atoms with E-state index in [0.717, 1.165) is 35.4 Å². The zero-order valence-electron chi connectivity index (χ0n) is 19.0. The molecule has 34 heavy (non-hydrogen) atoms. The van der Waals surface area contributed by atoms with Crippen molar-refractivity contribution in [2.75, 3.05) is 17.7 Å². The number of nitrogens with one attached hydrogen (secondary N) is 2. The van der Waals surface area contributed by atoms with E-state index in [2.05, 4.69) is 17.6 Å². The zero-order valence-corrected chi connectivity index (χ0v) is 20.6. The Balaban J connectivity index is 1.69. The number of hydrogen-bond donors (Lipinski definition) is 2. The highest BCUT2D eigenvalue weighted by atomic mass is 32.2. The van der Waals surface area contributed by atoms with Crippen LogP contribution in [0.15, 0.2) is 29.2 Å². The molecule has 8 nitrogen and oxygen atoms in total. The molecular weight excluding hydrogens is 483 g/mol. The van der Waals surface area contributed by atoms with Crippen LogP contribution in [0.4, 0.5) is 14.2 Å². The van der Waals surface area contributed by atoms with Crippen molar-refractivity contribution in [2.24, 2.45) is 5.92 Å². The lowest BCUT2D eigenvalue weighted by molar-refractivity contribution is -0.116. The van der Waals surface area contributed by atoms with Crippen molar-refractivity contribution in [3.8, 4) is 0 Å². The minimum absolute atomic E-state index is 0.00715. The minimum atomic E-state index is -3.65. The molecule has 3 rings (SSSR count). The van der Waals surface area contributed by atoms with Crippen LogP contribution in [0.2, 0.25) is 0 Å². The standard InChI is InChI=1S/C23H27FN2O6S2/c1-3-32-23(29)26-21(28)20-17-11-6-14(2)13-18(17)33-22(20)25-19(27)5-4-12-34(30,31)16-9-7-15(24)8-10-16/h7-10,14H,3-6,11-13H2,1-2H3,(H,25,27)(H,26,28,29). The van der Waals surface area contributed by atoms with E-state index in [1.54, 1.807) is 6.92 Å². The second-order valence-electron chi connectivity index (χ2n) is 8.16. The zero-order chi connectivity index (χ0) is 24.9. The number of imide groups is 1. The van der Waals surface area contributed by atoms with Gasteiger partial charge in [0.2, 0.25) is 5.91 Å². The summed E-state index contributed by atoms with van der Waals surface area (Å²) in [5, 5.41) is 5.26. The first-order valence-corrected chi connectivity index (χ1v) is 13.5. The quantitative estimate of drug-likeness (QED) is 0.517. The molecule has 0 aliphatic heterocycles. The van der Waals surface area contributed by atoms with E-state index in [-0.39, 0.29) is 35.7 Å². The SMILES string of the molecule is CCOC(=O)NC(=O)c1c(NC(=O)CCCS(=O)(=O)c2ccc(F)cc2)sc2c1CCC(C)C2. The van der Waals surface area contributed by atoms with Gasteiger partial charge in [0.15, 0.2) is 9.84 Å². The van der Waals surface area contributed by atoms with Crippen molar-refractivity contribution < 1.29 is 31.9 Å². The summed E-state index contributed by atoms with van der Waals surface area (Å²) in [6.07, 6.45) is 1.42. The average Bonchev–Trinajstić information content (AvgIpc) is 3.10. The maximum Gasteiger partial charge on any atom is 0.414 e. The molecule has 1 aliphatic carbocycles. The van der Waals surface area contributed by atoms with Gasteiger partial charge < -0.3 is 10.1 Å². The Morgan fingerprint density at radius 2 is 1.91 bits per heavy atom. The molecule has 2 aromatic rings. The summed E-state index contributed by atoms with van der Waals surface area (Å²) in [6, 6.07) is 4.52. The van der Waals surface area contributed by atoms with E-state index >= 15 is 0 Å². The molecule has 1 aromatic carbocycles. The van der Waals surface area contributed by atoms with Crippen LogP contribution in [0, 0.1) is 11.7 Å². The van der Waals surface area contributed by atoms with Crippen LogP contribution in [0.25, 0.3) is 0 Å². The molecule has 184 valence electrons. The van der Waals surface area contributed by atoms with Crippen LogP contribution >= 0.6 is 11.3 Å². The van der Waals surface area contributed by atoms with Gasteiger partial charge in [0.1, 0.15) is 10.8 Å². The third-order valence-electron chi connectivity index (χ3n) is 5.47. The smallest absolute Gasteiger partial charge is 0.414 e. The van der Waals surface area contributed by atoms with E-state index in [1.807, 2.05) is 0 Å². The molecule has 1 aliphatic rings. The normalized spacial score (nSPS) is 15.3. The highest BCUT2D eigenvalue weighted by Crippen LogP contribution is 2.39. The Labute approximate surface area is 201 Å². The van der Waals surface area contributed by atoms with Gasteiger partial charge in [-0.05, 0) is 68.4 Å². The Hall–Kier alpha value is -2.79. The third kappa shape index (κ3) is 6.41. The Kier molecular flexibility index (Phi) is 8.42. The lowest BCUT2D eigenvalue weighted by atomic mass is 9.88. The van der Waals surface area contributed by atoms with Gasteiger partial charge in [-0.1, -0.05) is 6.92 Å². The molecule has 0 bridgehead atoms. The summed E-state index contributed by atoms with van der Waals surface area (Å²) in [6.45, 7) is 3.85. The van der Waals surface area contributed by atoms with Crippen LogP contribution in [0.1, 0.15) is 53.9 Å². The molecule has 0 saturated carbocycles. The number of benzene rings is 1. The molecule has 1 unspecified atom stereocenters. The number of rotatable bonds is 8. The predicted octanol–water partition coefficient (Wildman–Crippen LogP) is 4.09. The van der Waals surface area contributed by atoms with E-state index < -0.39 is 33.6 Å². The molecular formula is C23H27FN2O6S2. The number of hydrogen-bond acceptors (Lipinski definition) is 7. The van der Waals surface area contributed by atoms with Crippen molar-refractivity contribution in [1.29, 1.82) is 0 Å². The average molecular weight is 511 g/mol. The summed E-state index contributed by atoms with van der Waals surface area (Å²) in [4.78, 5) is 38.1. The van der Waals surface area contributed by atoms with Crippen LogP contribution < -0.4 is 10.6 Å². The molecule has 3 amide bonds. The fourth-order valence-corrected chi connectivity index (χ4v) is 6.51. The van der Waals surface area contributed by atoms with Gasteiger partial charge >= 0.3 is 6.09 Å². The largest absolute Gasteiger partial charge is 0.450 e. The Morgan fingerprint density at radius 3 is 2.59 bits per heavy atom. The molecule has 2 N–H and O–H groups in total. The van der Waals surface area contributed by atoms with Gasteiger partial charge in [-0.3, -0.25) is 14.9 Å². The molecule has 0 fully saturated rings. The number of ether oxygens (including phenoxy) is 1. The fourth-order valence-electron chi connectivity index (χ4n) is 3.77. The molecule has 11 heteroatoms. The van der Waals surface area contributed by atoms with Gasteiger partial charge in [-0.2, -0.15) is 0 Å². The molecule has 0 spiro atoms. The lowest BCUT2D eigenvalue weighted by Gasteiger charge is -2.18. The second kappa shape index (κ2) is 11.1. The van der Waals surface area contributed by atoms with Gasteiger partial charge in [0.05, 0.1) is 22.8 Å². The van der Waals surface area contributed by atoms with Crippen molar-refractivity contribution in [1.82, 2.24) is 5.32 Å². The maximum absolute atomic E-state index is 13.0. The first-order valence-electron chi connectivity index (χ1n) is 11.0. The van der Waals surface area contributed by atoms with Crippen molar-refractivity contribution in [2.45, 2.75) is 50.8 Å². The van der Waals surface area contributed by atoms with E-state index in [1.165, 1.54) is 23.5 Å². The number of anilines is 1. The number of halogens is 1. The van der Waals surface area contributed by atoms with Gasteiger partial charge in [-0.25, -0.2) is 17.6 Å². The van der Waals surface area contributed by atoms with E-state index in [0.29, 0.717) is 17.3 Å². The number of thiophene rings is 1. The second-order valence-corrected chi connectivity index (χ2v) is 11.4. The Morgan fingerprint density at radius 1 is 1.21 bits per heavy atom. The van der Waals surface area contributed by atoms with Crippen LogP contribution in [0.5, 0.6) is 0 Å². The van der Waals surface area contributed by atoms with Gasteiger partial charge in [-0.15, -0.1) is 11.3 Å². The highest BCUT2D eigenvalue weighted by Gasteiger charge is 2.29. The van der Waals surface area contributed by atoms with E-state index in [4.69, 9.17) is 4.74 Å². The van der Waals surface area contributed by atoms with Crippen LogP contribution in [0.3, 0.4) is 0 Å². The first kappa shape index (κ1) is 25.8. The van der Waals surface area contributed by atoms with Crippen molar-refractivity contribution in [3.05, 3.63) is 46.1 Å². The number of amides is 3. The Bertz CT molecular complexity index is 1170. The van der Waals surface area contributed by atoms with Gasteiger partial charge in [0.25, 0.3) is 5.91 Å². The summed E-state index contributed by atoms with van der Waals surface area (Å²) < 4.78 is 42.6. The van der Waals surface area contributed by atoms with E-state index in [9.17, 15) is 27.2 Å². The summed E-state index contributed by atoms with van der Waals surface area (Å²) >= 11 is 1.30. The summed E-state index contributed by atoms with van der Waals surface area (Å²) in [5.74, 6) is -1.45. The first-order chi connectivity index (χ1) is 16.1. The van der Waals surface area contributed by atoms with Crippen molar-refractivity contribution >= 4 is 44.1 Å². The highest BCUT2D eigenvalue weighted by molar-refractivity contribution is 7.91. The maximum atomic E-state index is 13.0. The summed E-state index contributed by atoms with van der Waals surface area (Å²) in [5.41, 5.74) is 1.08. The molecule has 1 atom stereocenters. The molecule has 0 radical (unpaired) electrons. The third-order valence-corrected chi connectivity index (χ3v) is 8.46. The number of carbonyl (C=O) groups is 3. The monoisotopic (exact) mass is 510 g/mol.